The van der Waals surface area contributed by atoms with Crippen molar-refractivity contribution in [3.63, 3.8) is 0 Å². The summed E-state index contributed by atoms with van der Waals surface area (Å²) in [5, 5.41) is 0. The van der Waals surface area contributed by atoms with E-state index in [0.29, 0.717) is 22.8 Å². The summed E-state index contributed by atoms with van der Waals surface area (Å²) >= 11 is 3.00. The molecule has 6 heteroatoms. The summed E-state index contributed by atoms with van der Waals surface area (Å²) in [5.74, 6) is 2.83. The van der Waals surface area contributed by atoms with E-state index in [1.54, 1.807) is 11.6 Å². The van der Waals surface area contributed by atoms with Crippen molar-refractivity contribution in [1.29, 1.82) is 0 Å². The van der Waals surface area contributed by atoms with E-state index in [1.165, 1.54) is 28.2 Å². The first-order chi connectivity index (χ1) is 13.1. The Hall–Kier alpha value is -2.75. The smallest absolute Gasteiger partial charge is 0.279 e. The van der Waals surface area contributed by atoms with E-state index in [4.69, 9.17) is 6.42 Å². The van der Waals surface area contributed by atoms with Crippen LogP contribution in [0.25, 0.3) is 20.4 Å². The second-order valence-corrected chi connectivity index (χ2v) is 8.40. The number of rotatable bonds is 3. The van der Waals surface area contributed by atoms with Gasteiger partial charge in [0.15, 0.2) is 4.80 Å². The molecule has 0 atom stereocenters. The lowest BCUT2D eigenvalue weighted by atomic mass is 10.0. The molecule has 1 amide bonds. The van der Waals surface area contributed by atoms with Crippen molar-refractivity contribution in [2.45, 2.75) is 26.3 Å². The maximum atomic E-state index is 12.7. The second-order valence-electron chi connectivity index (χ2n) is 6.51. The van der Waals surface area contributed by atoms with E-state index >= 15 is 0 Å². The molecule has 0 fully saturated rings. The summed E-state index contributed by atoms with van der Waals surface area (Å²) in [5.41, 5.74) is 5.48. The van der Waals surface area contributed by atoms with Crippen LogP contribution in [0.1, 0.15) is 35.7 Å². The van der Waals surface area contributed by atoms with Gasteiger partial charge in [0.2, 0.25) is 0 Å². The van der Waals surface area contributed by atoms with Crippen LogP contribution >= 0.6 is 22.7 Å². The van der Waals surface area contributed by atoms with Gasteiger partial charge in [0, 0.05) is 5.56 Å². The standard InChI is InChI=1S/C21H17N3OS2/c1-4-9-24-17-8-6-14(13(2)3)10-19(17)27-21(24)23-20(25)15-5-7-16-18(11-15)26-12-22-16/h1,5-8,10-13H,9H2,2-3H3. The Morgan fingerprint density at radius 1 is 1.26 bits per heavy atom. The first kappa shape index (κ1) is 17.7. The minimum absolute atomic E-state index is 0.272. The monoisotopic (exact) mass is 391 g/mol. The largest absolute Gasteiger partial charge is 0.305 e. The minimum Gasteiger partial charge on any atom is -0.305 e. The fraction of sp³-hybridized carbons (Fsp3) is 0.190. The van der Waals surface area contributed by atoms with Crippen LogP contribution in [0.15, 0.2) is 46.9 Å². The Labute approximate surface area is 164 Å². The van der Waals surface area contributed by atoms with Crippen LogP contribution in [0.4, 0.5) is 0 Å². The van der Waals surface area contributed by atoms with E-state index in [1.807, 2.05) is 16.7 Å². The highest BCUT2D eigenvalue weighted by molar-refractivity contribution is 7.17. The van der Waals surface area contributed by atoms with Crippen LogP contribution in [0, 0.1) is 12.3 Å². The van der Waals surface area contributed by atoms with Crippen LogP contribution in [0.2, 0.25) is 0 Å². The molecule has 0 aliphatic heterocycles. The lowest BCUT2D eigenvalue weighted by Gasteiger charge is -2.05. The van der Waals surface area contributed by atoms with Gasteiger partial charge in [-0.2, -0.15) is 4.99 Å². The van der Waals surface area contributed by atoms with Gasteiger partial charge in [0.25, 0.3) is 5.91 Å². The number of amides is 1. The van der Waals surface area contributed by atoms with Gasteiger partial charge in [-0.05, 0) is 41.8 Å². The maximum Gasteiger partial charge on any atom is 0.279 e. The molecule has 4 rings (SSSR count). The molecule has 0 saturated heterocycles. The number of hydrogen-bond acceptors (Lipinski definition) is 4. The van der Waals surface area contributed by atoms with Crippen molar-refractivity contribution in [3.8, 4) is 12.3 Å². The highest BCUT2D eigenvalue weighted by Crippen LogP contribution is 2.24. The van der Waals surface area contributed by atoms with Gasteiger partial charge in [-0.15, -0.1) is 17.8 Å². The normalized spacial score (nSPS) is 12.1. The lowest BCUT2D eigenvalue weighted by Crippen LogP contribution is -2.16. The average molecular weight is 392 g/mol. The van der Waals surface area contributed by atoms with Crippen molar-refractivity contribution < 1.29 is 4.79 Å². The van der Waals surface area contributed by atoms with E-state index in [0.717, 1.165) is 20.4 Å². The fourth-order valence-electron chi connectivity index (χ4n) is 2.92. The van der Waals surface area contributed by atoms with Gasteiger partial charge in [-0.25, -0.2) is 4.98 Å². The van der Waals surface area contributed by atoms with E-state index in [9.17, 15) is 4.79 Å². The molecule has 0 saturated carbocycles. The van der Waals surface area contributed by atoms with Crippen molar-refractivity contribution in [2.75, 3.05) is 0 Å². The summed E-state index contributed by atoms with van der Waals surface area (Å²) in [7, 11) is 0. The third-order valence-electron chi connectivity index (χ3n) is 4.40. The Kier molecular flexibility index (Phi) is 4.65. The quantitative estimate of drug-likeness (QED) is 0.471. The molecular formula is C21H17N3OS2. The van der Waals surface area contributed by atoms with Gasteiger partial charge < -0.3 is 4.57 Å². The van der Waals surface area contributed by atoms with Gasteiger partial charge in [-0.1, -0.05) is 37.2 Å². The minimum atomic E-state index is -0.272. The molecule has 0 aliphatic rings. The number of terminal acetylenes is 1. The molecule has 0 N–H and O–H groups in total. The van der Waals surface area contributed by atoms with Gasteiger partial charge in [0.05, 0.1) is 32.5 Å². The van der Waals surface area contributed by atoms with Crippen LogP contribution in [-0.4, -0.2) is 15.5 Å². The number of nitrogens with zero attached hydrogens (tertiary/aromatic N) is 3. The van der Waals surface area contributed by atoms with Crippen molar-refractivity contribution in [1.82, 2.24) is 9.55 Å². The predicted octanol–water partition coefficient (Wildman–Crippen LogP) is 4.81. The van der Waals surface area contributed by atoms with Crippen LogP contribution in [0.5, 0.6) is 0 Å². The van der Waals surface area contributed by atoms with Crippen molar-refractivity contribution in [3.05, 3.63) is 57.8 Å². The number of fused-ring (bicyclic) bond motifs is 2. The zero-order chi connectivity index (χ0) is 19.0. The third-order valence-corrected chi connectivity index (χ3v) is 6.23. The molecule has 2 aromatic carbocycles. The zero-order valence-electron chi connectivity index (χ0n) is 15.0. The Bertz CT molecular complexity index is 1270. The Balaban J connectivity index is 1.84. The number of carbonyl (C=O) groups excluding carboxylic acids is 1. The lowest BCUT2D eigenvalue weighted by molar-refractivity contribution is 0.0998. The number of thiazole rings is 2. The molecule has 4 nitrogen and oxygen atoms in total. The Morgan fingerprint density at radius 3 is 2.89 bits per heavy atom. The highest BCUT2D eigenvalue weighted by atomic mass is 32.1. The highest BCUT2D eigenvalue weighted by Gasteiger charge is 2.11. The SMILES string of the molecule is C#CCn1c(=NC(=O)c2ccc3ncsc3c2)sc2cc(C(C)C)ccc21. The Morgan fingerprint density at radius 2 is 2.11 bits per heavy atom. The third kappa shape index (κ3) is 3.32. The molecule has 27 heavy (non-hydrogen) atoms. The van der Waals surface area contributed by atoms with Crippen molar-refractivity contribution >= 4 is 49.0 Å². The number of benzene rings is 2. The second kappa shape index (κ2) is 7.10. The zero-order valence-corrected chi connectivity index (χ0v) is 16.6. The van der Waals surface area contributed by atoms with E-state index in [2.05, 4.69) is 47.9 Å². The predicted molar refractivity (Wildman–Crippen MR) is 112 cm³/mol. The average Bonchev–Trinajstić information content (AvgIpc) is 3.25. The maximum absolute atomic E-state index is 12.7. The first-order valence-electron chi connectivity index (χ1n) is 8.56. The van der Waals surface area contributed by atoms with Gasteiger partial charge in [0.1, 0.15) is 0 Å². The van der Waals surface area contributed by atoms with Crippen LogP contribution < -0.4 is 4.80 Å². The molecule has 0 spiro atoms. The molecule has 0 radical (unpaired) electrons. The molecule has 0 aliphatic carbocycles. The topological polar surface area (TPSA) is 47.2 Å². The molecule has 2 aromatic heterocycles. The first-order valence-corrected chi connectivity index (χ1v) is 10.3. The summed E-state index contributed by atoms with van der Waals surface area (Å²) in [6, 6.07) is 11.8. The molecule has 134 valence electrons. The van der Waals surface area contributed by atoms with Gasteiger partial charge >= 0.3 is 0 Å². The van der Waals surface area contributed by atoms with Crippen LogP contribution in [0.3, 0.4) is 0 Å². The van der Waals surface area contributed by atoms with E-state index < -0.39 is 0 Å². The van der Waals surface area contributed by atoms with Crippen LogP contribution in [-0.2, 0) is 6.54 Å². The summed E-state index contributed by atoms with van der Waals surface area (Å²) < 4.78 is 3.99. The van der Waals surface area contributed by atoms with Crippen molar-refractivity contribution in [2.24, 2.45) is 4.99 Å². The summed E-state index contributed by atoms with van der Waals surface area (Å²) in [6.07, 6.45) is 5.55. The number of carbonyl (C=O) groups is 1. The molecule has 4 aromatic rings. The van der Waals surface area contributed by atoms with E-state index in [-0.39, 0.29) is 5.91 Å². The molecule has 0 unspecified atom stereocenters. The molecule has 0 bridgehead atoms. The summed E-state index contributed by atoms with van der Waals surface area (Å²) in [6.45, 7) is 4.70. The molecular weight excluding hydrogens is 374 g/mol. The number of hydrogen-bond donors (Lipinski definition) is 0. The molecule has 2 heterocycles. The fourth-order valence-corrected chi connectivity index (χ4v) is 4.71. The summed E-state index contributed by atoms with van der Waals surface area (Å²) in [4.78, 5) is 22.0. The number of aromatic nitrogens is 2. The van der Waals surface area contributed by atoms with Gasteiger partial charge in [-0.3, -0.25) is 4.79 Å².